The SMILES string of the molecule is C=C/C=C\C(=C)C1(c2ccccc2)c2ccccc2-c2c(N(c3ccc(-c4cccc5c4ccc4ccccc45)cc3)c3ccccc3-c3ccc4oc5c6ccccc6ccc5c4c3)cccc21. The van der Waals surface area contributed by atoms with Gasteiger partial charge in [-0.2, -0.15) is 0 Å². The molecule has 0 fully saturated rings. The Morgan fingerprint density at radius 1 is 0.449 bits per heavy atom. The summed E-state index contributed by atoms with van der Waals surface area (Å²) >= 11 is 0. The summed E-state index contributed by atoms with van der Waals surface area (Å²) in [5.74, 6) is 0. The average molecular weight is 880 g/mol. The van der Waals surface area contributed by atoms with Crippen molar-refractivity contribution in [1.82, 2.24) is 0 Å². The van der Waals surface area contributed by atoms with Crippen molar-refractivity contribution >= 4 is 71.3 Å². The van der Waals surface area contributed by atoms with E-state index in [0.29, 0.717) is 0 Å². The number of fused-ring (bicyclic) bond motifs is 11. The molecular weight excluding hydrogens is 835 g/mol. The molecule has 1 unspecified atom stereocenters. The highest BCUT2D eigenvalue weighted by atomic mass is 16.3. The van der Waals surface area contributed by atoms with Gasteiger partial charge in [-0.15, -0.1) is 0 Å². The first-order valence-corrected chi connectivity index (χ1v) is 23.6. The summed E-state index contributed by atoms with van der Waals surface area (Å²) in [5.41, 5.74) is 15.8. The number of nitrogens with zero attached hydrogens (tertiary/aromatic N) is 1. The Bertz CT molecular complexity index is 4060. The number of rotatable bonds is 9. The minimum atomic E-state index is -0.659. The van der Waals surface area contributed by atoms with Crippen molar-refractivity contribution < 1.29 is 4.42 Å². The normalized spacial score (nSPS) is 14.2. The van der Waals surface area contributed by atoms with Crippen LogP contribution in [0.15, 0.2) is 272 Å². The summed E-state index contributed by atoms with van der Waals surface area (Å²) < 4.78 is 6.62. The summed E-state index contributed by atoms with van der Waals surface area (Å²) in [6.45, 7) is 8.88. The van der Waals surface area contributed by atoms with Crippen molar-refractivity contribution in [2.45, 2.75) is 5.41 Å². The molecule has 13 rings (SSSR count). The van der Waals surface area contributed by atoms with E-state index in [1.807, 2.05) is 12.2 Å². The first kappa shape index (κ1) is 40.3. The van der Waals surface area contributed by atoms with Crippen LogP contribution >= 0.6 is 0 Å². The minimum Gasteiger partial charge on any atom is -0.455 e. The molecule has 1 aromatic heterocycles. The van der Waals surface area contributed by atoms with Crippen molar-refractivity contribution in [3.63, 3.8) is 0 Å². The fraction of sp³-hybridized carbons (Fsp3) is 0.0149. The third-order valence-electron chi connectivity index (χ3n) is 14.5. The van der Waals surface area contributed by atoms with E-state index >= 15 is 0 Å². The maximum absolute atomic E-state index is 6.62. The van der Waals surface area contributed by atoms with E-state index in [1.165, 1.54) is 60.3 Å². The zero-order valence-electron chi connectivity index (χ0n) is 37.9. The van der Waals surface area contributed by atoms with Crippen LogP contribution in [-0.4, -0.2) is 0 Å². The lowest BCUT2D eigenvalue weighted by Gasteiger charge is -2.35. The molecule has 11 aromatic carbocycles. The van der Waals surface area contributed by atoms with Crippen LogP contribution in [0.3, 0.4) is 0 Å². The van der Waals surface area contributed by atoms with E-state index in [0.717, 1.165) is 66.7 Å². The van der Waals surface area contributed by atoms with Crippen LogP contribution in [0, 0.1) is 0 Å². The van der Waals surface area contributed by atoms with E-state index in [-0.39, 0.29) is 0 Å². The molecule has 0 spiro atoms. The van der Waals surface area contributed by atoms with Crippen LogP contribution in [0.5, 0.6) is 0 Å². The molecule has 2 heteroatoms. The maximum atomic E-state index is 6.62. The predicted molar refractivity (Wildman–Crippen MR) is 292 cm³/mol. The van der Waals surface area contributed by atoms with Gasteiger partial charge in [0, 0.05) is 33.0 Å². The van der Waals surface area contributed by atoms with Gasteiger partial charge in [0.2, 0.25) is 0 Å². The molecule has 69 heavy (non-hydrogen) atoms. The quantitative estimate of drug-likeness (QED) is 0.106. The average Bonchev–Trinajstić information content (AvgIpc) is 3.95. The van der Waals surface area contributed by atoms with Gasteiger partial charge in [0.15, 0.2) is 0 Å². The van der Waals surface area contributed by atoms with Crippen LogP contribution in [0.2, 0.25) is 0 Å². The molecule has 1 atom stereocenters. The highest BCUT2D eigenvalue weighted by Gasteiger charge is 2.47. The lowest BCUT2D eigenvalue weighted by atomic mass is 9.67. The molecular formula is C67H45NO. The maximum Gasteiger partial charge on any atom is 0.143 e. The van der Waals surface area contributed by atoms with Gasteiger partial charge in [-0.05, 0) is 114 Å². The Hall–Kier alpha value is -8.98. The molecule has 1 heterocycles. The highest BCUT2D eigenvalue weighted by Crippen LogP contribution is 2.60. The van der Waals surface area contributed by atoms with Crippen LogP contribution in [0.25, 0.3) is 87.6 Å². The number of furan rings is 1. The van der Waals surface area contributed by atoms with Crippen LogP contribution in [0.1, 0.15) is 16.7 Å². The highest BCUT2D eigenvalue weighted by molar-refractivity contribution is 6.16. The Kier molecular flexibility index (Phi) is 9.42. The molecule has 0 radical (unpaired) electrons. The van der Waals surface area contributed by atoms with Crippen molar-refractivity contribution in [2.24, 2.45) is 0 Å². The Morgan fingerprint density at radius 2 is 1.07 bits per heavy atom. The van der Waals surface area contributed by atoms with Crippen LogP contribution in [0.4, 0.5) is 17.1 Å². The van der Waals surface area contributed by atoms with Gasteiger partial charge < -0.3 is 9.32 Å². The standard InChI is InChI=1S/C67H45NO/c1-3-4-18-44(2)67(49-21-6-5-7-22-49)60-29-14-12-26-58(60)65-61(67)30-17-32-63(65)68(50-38-33-47(34-39-50)52-27-16-28-55-51-23-10-8-19-45(51)35-40-56(52)55)62-31-15-13-24-53(62)48-37-42-64-59(43-48)57-41-36-46-20-9-11-25-54(46)66(57)69-64/h3-43H,1-2H2/b18-4-. The van der Waals surface area contributed by atoms with E-state index in [9.17, 15) is 0 Å². The summed E-state index contributed by atoms with van der Waals surface area (Å²) in [4.78, 5) is 2.47. The second kappa shape index (κ2) is 16.1. The van der Waals surface area contributed by atoms with Gasteiger partial charge in [-0.25, -0.2) is 0 Å². The Labute approximate surface area is 401 Å². The fourth-order valence-electron chi connectivity index (χ4n) is 11.4. The second-order valence-electron chi connectivity index (χ2n) is 18.0. The number of anilines is 3. The second-order valence-corrected chi connectivity index (χ2v) is 18.0. The van der Waals surface area contributed by atoms with Crippen molar-refractivity contribution in [3.8, 4) is 33.4 Å². The van der Waals surface area contributed by atoms with E-state index in [1.54, 1.807) is 0 Å². The summed E-state index contributed by atoms with van der Waals surface area (Å²) in [6, 6.07) is 83.9. The monoisotopic (exact) mass is 879 g/mol. The van der Waals surface area contributed by atoms with E-state index in [2.05, 4.69) is 248 Å². The minimum absolute atomic E-state index is 0.659. The van der Waals surface area contributed by atoms with E-state index < -0.39 is 5.41 Å². The zero-order chi connectivity index (χ0) is 46.1. The summed E-state index contributed by atoms with van der Waals surface area (Å²) in [7, 11) is 0. The van der Waals surface area contributed by atoms with Gasteiger partial charge in [-0.3, -0.25) is 0 Å². The predicted octanol–water partition coefficient (Wildman–Crippen LogP) is 18.5. The molecule has 12 aromatic rings. The molecule has 0 bridgehead atoms. The first-order valence-electron chi connectivity index (χ1n) is 23.6. The molecule has 0 amide bonds. The Balaban J connectivity index is 1.05. The van der Waals surface area contributed by atoms with Crippen LogP contribution in [-0.2, 0) is 5.41 Å². The van der Waals surface area contributed by atoms with Gasteiger partial charge in [0.1, 0.15) is 11.2 Å². The molecule has 0 saturated carbocycles. The number of benzene rings is 11. The lowest BCUT2D eigenvalue weighted by molar-refractivity contribution is 0.672. The summed E-state index contributed by atoms with van der Waals surface area (Å²) in [6.07, 6.45) is 5.96. The molecule has 1 aliphatic rings. The molecule has 324 valence electrons. The lowest BCUT2D eigenvalue weighted by Crippen LogP contribution is -2.28. The number of allylic oxidation sites excluding steroid dienone is 4. The number of para-hydroxylation sites is 1. The third-order valence-corrected chi connectivity index (χ3v) is 14.5. The number of hydrogen-bond donors (Lipinski definition) is 0. The van der Waals surface area contributed by atoms with Gasteiger partial charge in [0.25, 0.3) is 0 Å². The Morgan fingerprint density at radius 3 is 1.90 bits per heavy atom. The molecule has 1 aliphatic carbocycles. The van der Waals surface area contributed by atoms with Crippen molar-refractivity contribution in [2.75, 3.05) is 4.90 Å². The van der Waals surface area contributed by atoms with Crippen LogP contribution < -0.4 is 4.90 Å². The largest absolute Gasteiger partial charge is 0.455 e. The third kappa shape index (κ3) is 6.19. The van der Waals surface area contributed by atoms with Crippen molar-refractivity contribution in [1.29, 1.82) is 0 Å². The van der Waals surface area contributed by atoms with Gasteiger partial charge >= 0.3 is 0 Å². The van der Waals surface area contributed by atoms with E-state index in [4.69, 9.17) is 11.0 Å². The summed E-state index contributed by atoms with van der Waals surface area (Å²) in [5, 5.41) is 9.48. The first-order chi connectivity index (χ1) is 34.1. The molecule has 0 N–H and O–H groups in total. The fourth-order valence-corrected chi connectivity index (χ4v) is 11.4. The van der Waals surface area contributed by atoms with Gasteiger partial charge in [-0.1, -0.05) is 219 Å². The molecule has 2 nitrogen and oxygen atoms in total. The number of hydrogen-bond acceptors (Lipinski definition) is 2. The smallest absolute Gasteiger partial charge is 0.143 e. The van der Waals surface area contributed by atoms with Crippen molar-refractivity contribution in [3.05, 3.63) is 284 Å². The molecule has 0 aliphatic heterocycles. The molecule has 0 saturated heterocycles. The topological polar surface area (TPSA) is 16.4 Å². The van der Waals surface area contributed by atoms with Gasteiger partial charge in [0.05, 0.1) is 16.8 Å². The zero-order valence-corrected chi connectivity index (χ0v) is 37.9.